The largest absolute Gasteiger partial charge is 0.468 e. The summed E-state index contributed by atoms with van der Waals surface area (Å²) in [5.74, 6) is -0.972. The Kier molecular flexibility index (Phi) is 7.75. The Balaban J connectivity index is 2.20. The summed E-state index contributed by atoms with van der Waals surface area (Å²) < 4.78 is 4.69. The Morgan fingerprint density at radius 3 is 2.07 bits per heavy atom. The van der Waals surface area contributed by atoms with Crippen LogP contribution in [0.5, 0.6) is 0 Å². The summed E-state index contributed by atoms with van der Waals surface area (Å²) in [6, 6.07) is 17.5. The molecule has 0 radical (unpaired) electrons. The first kappa shape index (κ1) is 21.2. The van der Waals surface area contributed by atoms with Crippen LogP contribution in [0.15, 0.2) is 60.7 Å². The average molecular weight is 382 g/mol. The molecule has 0 aliphatic rings. The Morgan fingerprint density at radius 2 is 1.54 bits per heavy atom. The molecule has 1 unspecified atom stereocenters. The number of nitrogens with one attached hydrogen (secondary N) is 1. The van der Waals surface area contributed by atoms with Crippen LogP contribution in [-0.2, 0) is 14.3 Å². The van der Waals surface area contributed by atoms with E-state index in [4.69, 9.17) is 4.74 Å². The van der Waals surface area contributed by atoms with E-state index in [9.17, 15) is 14.4 Å². The molecule has 0 aromatic heterocycles. The van der Waals surface area contributed by atoms with Crippen LogP contribution >= 0.6 is 0 Å². The van der Waals surface area contributed by atoms with E-state index in [0.29, 0.717) is 5.56 Å². The third-order valence-electron chi connectivity index (χ3n) is 4.39. The molecule has 0 bridgehead atoms. The van der Waals surface area contributed by atoms with Crippen LogP contribution in [-0.4, -0.2) is 42.4 Å². The molecule has 1 N–H and O–H groups in total. The van der Waals surface area contributed by atoms with Crippen LogP contribution in [0.2, 0.25) is 0 Å². The van der Waals surface area contributed by atoms with Crippen molar-refractivity contribution < 1.29 is 19.1 Å². The van der Waals surface area contributed by atoms with Gasteiger partial charge in [-0.2, -0.15) is 0 Å². The van der Waals surface area contributed by atoms with Gasteiger partial charge in [-0.05, 0) is 31.5 Å². The van der Waals surface area contributed by atoms with E-state index in [1.807, 2.05) is 50.2 Å². The number of carbonyl (C=O) groups is 3. The van der Waals surface area contributed by atoms with Gasteiger partial charge < -0.3 is 15.0 Å². The van der Waals surface area contributed by atoms with Crippen molar-refractivity contribution in [1.82, 2.24) is 10.2 Å². The molecule has 0 aliphatic heterocycles. The van der Waals surface area contributed by atoms with Gasteiger partial charge in [0.25, 0.3) is 5.91 Å². The van der Waals surface area contributed by atoms with Gasteiger partial charge in [0.15, 0.2) is 0 Å². The monoisotopic (exact) mass is 382 g/mol. The molecular formula is C22H26N2O4. The SMILES string of the molecule is COC(=O)CN(C(=O)CC(NC(=O)c1ccccc1)c1ccccc1)C(C)C. The fourth-order valence-electron chi connectivity index (χ4n) is 2.82. The van der Waals surface area contributed by atoms with Crippen LogP contribution in [0.25, 0.3) is 0 Å². The summed E-state index contributed by atoms with van der Waals surface area (Å²) in [5.41, 5.74) is 1.34. The molecule has 0 aliphatic carbocycles. The quantitative estimate of drug-likeness (QED) is 0.712. The number of carbonyl (C=O) groups excluding carboxylic acids is 3. The van der Waals surface area contributed by atoms with Gasteiger partial charge in [-0.25, -0.2) is 0 Å². The number of nitrogens with zero attached hydrogens (tertiary/aromatic N) is 1. The second-order valence-corrected chi connectivity index (χ2v) is 6.70. The van der Waals surface area contributed by atoms with E-state index >= 15 is 0 Å². The lowest BCUT2D eigenvalue weighted by molar-refractivity contribution is -0.148. The first-order valence-corrected chi connectivity index (χ1v) is 9.19. The molecule has 6 heteroatoms. The minimum Gasteiger partial charge on any atom is -0.468 e. The molecule has 2 rings (SSSR count). The molecule has 0 saturated carbocycles. The number of hydrogen-bond donors (Lipinski definition) is 1. The average Bonchev–Trinajstić information content (AvgIpc) is 2.72. The van der Waals surface area contributed by atoms with Crippen LogP contribution in [0.4, 0.5) is 0 Å². The second-order valence-electron chi connectivity index (χ2n) is 6.70. The molecule has 0 heterocycles. The lowest BCUT2D eigenvalue weighted by Gasteiger charge is -2.28. The van der Waals surface area contributed by atoms with Crippen molar-refractivity contribution in [2.45, 2.75) is 32.4 Å². The second kappa shape index (κ2) is 10.3. The summed E-state index contributed by atoms with van der Waals surface area (Å²) in [5, 5.41) is 2.94. The van der Waals surface area contributed by atoms with Crippen LogP contribution in [0, 0.1) is 0 Å². The molecule has 2 aromatic rings. The van der Waals surface area contributed by atoms with Crippen molar-refractivity contribution in [1.29, 1.82) is 0 Å². The topological polar surface area (TPSA) is 75.7 Å². The summed E-state index contributed by atoms with van der Waals surface area (Å²) in [7, 11) is 1.29. The number of amides is 2. The maximum Gasteiger partial charge on any atom is 0.325 e. The summed E-state index contributed by atoms with van der Waals surface area (Å²) in [6.45, 7) is 3.54. The molecular weight excluding hydrogens is 356 g/mol. The predicted molar refractivity (Wildman–Crippen MR) is 107 cm³/mol. The van der Waals surface area contributed by atoms with E-state index in [0.717, 1.165) is 5.56 Å². The lowest BCUT2D eigenvalue weighted by atomic mass is 10.0. The molecule has 0 spiro atoms. The summed E-state index contributed by atoms with van der Waals surface area (Å²) in [4.78, 5) is 38.7. The molecule has 6 nitrogen and oxygen atoms in total. The minimum absolute atomic E-state index is 0.0394. The number of ether oxygens (including phenoxy) is 1. The van der Waals surface area contributed by atoms with Crippen molar-refractivity contribution in [2.24, 2.45) is 0 Å². The maximum atomic E-state index is 12.9. The number of benzene rings is 2. The maximum absolute atomic E-state index is 12.9. The Bertz CT molecular complexity index is 791. The van der Waals surface area contributed by atoms with E-state index in [1.165, 1.54) is 12.0 Å². The van der Waals surface area contributed by atoms with Gasteiger partial charge in [0.1, 0.15) is 6.54 Å². The Labute approximate surface area is 165 Å². The van der Waals surface area contributed by atoms with Crippen molar-refractivity contribution in [3.05, 3.63) is 71.8 Å². The normalized spacial score (nSPS) is 11.6. The van der Waals surface area contributed by atoms with Gasteiger partial charge in [0.05, 0.1) is 19.6 Å². The predicted octanol–water partition coefficient (Wildman–Crippen LogP) is 2.96. The summed E-state index contributed by atoms with van der Waals surface area (Å²) in [6.07, 6.45) is 0.0394. The van der Waals surface area contributed by atoms with E-state index in [2.05, 4.69) is 5.32 Å². The summed E-state index contributed by atoms with van der Waals surface area (Å²) >= 11 is 0. The molecule has 2 amide bonds. The van der Waals surface area contributed by atoms with Gasteiger partial charge in [-0.15, -0.1) is 0 Å². The highest BCUT2D eigenvalue weighted by molar-refractivity contribution is 5.94. The molecule has 0 saturated heterocycles. The highest BCUT2D eigenvalue weighted by Crippen LogP contribution is 2.19. The smallest absolute Gasteiger partial charge is 0.325 e. The van der Waals surface area contributed by atoms with Gasteiger partial charge in [0, 0.05) is 11.6 Å². The van der Waals surface area contributed by atoms with Gasteiger partial charge >= 0.3 is 5.97 Å². The van der Waals surface area contributed by atoms with Crippen molar-refractivity contribution in [3.63, 3.8) is 0 Å². The fourth-order valence-corrected chi connectivity index (χ4v) is 2.82. The van der Waals surface area contributed by atoms with Crippen LogP contribution in [0.3, 0.4) is 0 Å². The molecule has 1 atom stereocenters. The third kappa shape index (κ3) is 5.94. The van der Waals surface area contributed by atoms with Crippen molar-refractivity contribution in [3.8, 4) is 0 Å². The fraction of sp³-hybridized carbons (Fsp3) is 0.318. The highest BCUT2D eigenvalue weighted by Gasteiger charge is 2.25. The molecule has 28 heavy (non-hydrogen) atoms. The third-order valence-corrected chi connectivity index (χ3v) is 4.39. The molecule has 148 valence electrons. The zero-order chi connectivity index (χ0) is 20.5. The van der Waals surface area contributed by atoms with E-state index in [1.54, 1.807) is 24.3 Å². The van der Waals surface area contributed by atoms with Gasteiger partial charge in [-0.3, -0.25) is 14.4 Å². The Hall–Kier alpha value is -3.15. The molecule has 2 aromatic carbocycles. The van der Waals surface area contributed by atoms with Gasteiger partial charge in [0.2, 0.25) is 5.91 Å². The van der Waals surface area contributed by atoms with Crippen molar-refractivity contribution >= 4 is 17.8 Å². The first-order valence-electron chi connectivity index (χ1n) is 9.19. The number of methoxy groups -OCH3 is 1. The standard InChI is InChI=1S/C22H26N2O4/c1-16(2)24(15-21(26)28-3)20(25)14-19(17-10-6-4-7-11-17)23-22(27)18-12-8-5-9-13-18/h4-13,16,19H,14-15H2,1-3H3,(H,23,27). The zero-order valence-corrected chi connectivity index (χ0v) is 16.4. The van der Waals surface area contributed by atoms with Crippen molar-refractivity contribution in [2.75, 3.05) is 13.7 Å². The highest BCUT2D eigenvalue weighted by atomic mass is 16.5. The number of hydrogen-bond acceptors (Lipinski definition) is 4. The number of rotatable bonds is 8. The molecule has 0 fully saturated rings. The van der Waals surface area contributed by atoms with E-state index in [-0.39, 0.29) is 30.8 Å². The lowest BCUT2D eigenvalue weighted by Crippen LogP contribution is -2.43. The minimum atomic E-state index is -0.514. The van der Waals surface area contributed by atoms with Crippen LogP contribution in [0.1, 0.15) is 42.2 Å². The first-order chi connectivity index (χ1) is 13.4. The van der Waals surface area contributed by atoms with Crippen LogP contribution < -0.4 is 5.32 Å². The Morgan fingerprint density at radius 1 is 0.964 bits per heavy atom. The zero-order valence-electron chi connectivity index (χ0n) is 16.4. The van der Waals surface area contributed by atoms with Gasteiger partial charge in [-0.1, -0.05) is 48.5 Å². The van der Waals surface area contributed by atoms with E-state index < -0.39 is 12.0 Å². The number of esters is 1.